The Bertz CT molecular complexity index is 226. The Hall–Kier alpha value is -0.850. The molecular formula is C12H18O3. The third kappa shape index (κ3) is 4.03. The van der Waals surface area contributed by atoms with E-state index in [2.05, 4.69) is 5.92 Å². The van der Waals surface area contributed by atoms with Gasteiger partial charge in [-0.2, -0.15) is 0 Å². The maximum atomic E-state index is 10.7. The number of rotatable bonds is 5. The highest BCUT2D eigenvalue weighted by molar-refractivity contribution is 5.53. The third-order valence-corrected chi connectivity index (χ3v) is 2.58. The number of carbonyl (C=O) groups excluding carboxylic acids is 1. The second-order valence-corrected chi connectivity index (χ2v) is 3.87. The van der Waals surface area contributed by atoms with Crippen LogP contribution in [0.3, 0.4) is 0 Å². The van der Waals surface area contributed by atoms with Gasteiger partial charge in [0.15, 0.2) is 6.29 Å². The minimum atomic E-state index is -0.212. The maximum Gasteiger partial charge on any atom is 0.158 e. The number of terminal acetylenes is 1. The van der Waals surface area contributed by atoms with Crippen molar-refractivity contribution in [3.63, 3.8) is 0 Å². The molecule has 1 heterocycles. The Labute approximate surface area is 91.1 Å². The van der Waals surface area contributed by atoms with E-state index < -0.39 is 0 Å². The quantitative estimate of drug-likeness (QED) is 0.512. The molecule has 3 atom stereocenters. The van der Waals surface area contributed by atoms with E-state index in [1.807, 2.05) is 6.92 Å². The summed E-state index contributed by atoms with van der Waals surface area (Å²) in [5, 5.41) is 0. The Balaban J connectivity index is 2.42. The molecule has 0 radical (unpaired) electrons. The van der Waals surface area contributed by atoms with Gasteiger partial charge in [-0.1, -0.05) is 6.92 Å². The number of aldehydes is 1. The van der Waals surface area contributed by atoms with Gasteiger partial charge in [0, 0.05) is 18.9 Å². The summed E-state index contributed by atoms with van der Waals surface area (Å²) in [7, 11) is 0. The summed E-state index contributed by atoms with van der Waals surface area (Å²) in [6, 6.07) is 0. The molecule has 1 fully saturated rings. The molecule has 1 rings (SSSR count). The summed E-state index contributed by atoms with van der Waals surface area (Å²) >= 11 is 0. The summed E-state index contributed by atoms with van der Waals surface area (Å²) in [6.45, 7) is 2.56. The van der Waals surface area contributed by atoms with Crippen LogP contribution in [0.25, 0.3) is 0 Å². The zero-order chi connectivity index (χ0) is 11.1. The van der Waals surface area contributed by atoms with E-state index in [1.165, 1.54) is 0 Å². The van der Waals surface area contributed by atoms with Crippen molar-refractivity contribution in [3.05, 3.63) is 0 Å². The molecule has 1 unspecified atom stereocenters. The number of carbonyl (C=O) groups is 1. The minimum Gasteiger partial charge on any atom is -0.353 e. The van der Waals surface area contributed by atoms with Gasteiger partial charge in [-0.25, -0.2) is 0 Å². The smallest absolute Gasteiger partial charge is 0.158 e. The predicted octanol–water partition coefficient (Wildman–Crippen LogP) is 1.76. The van der Waals surface area contributed by atoms with Crippen LogP contribution in [0.1, 0.15) is 32.6 Å². The lowest BCUT2D eigenvalue weighted by Gasteiger charge is -2.28. The lowest BCUT2D eigenvalue weighted by molar-refractivity contribution is -0.194. The summed E-state index contributed by atoms with van der Waals surface area (Å²) in [5.41, 5.74) is 0. The van der Waals surface area contributed by atoms with Crippen molar-refractivity contribution in [3.8, 4) is 12.3 Å². The van der Waals surface area contributed by atoms with Crippen molar-refractivity contribution in [2.24, 2.45) is 5.92 Å². The van der Waals surface area contributed by atoms with Crippen LogP contribution in [-0.4, -0.2) is 25.3 Å². The number of ether oxygens (including phenoxy) is 2. The monoisotopic (exact) mass is 210 g/mol. The van der Waals surface area contributed by atoms with Gasteiger partial charge in [-0.3, -0.25) is 0 Å². The molecule has 1 aliphatic heterocycles. The van der Waals surface area contributed by atoms with Crippen molar-refractivity contribution in [1.82, 2.24) is 0 Å². The van der Waals surface area contributed by atoms with Gasteiger partial charge in [0.25, 0.3) is 0 Å². The second-order valence-electron chi connectivity index (χ2n) is 3.87. The molecule has 0 aromatic heterocycles. The zero-order valence-corrected chi connectivity index (χ0v) is 9.15. The van der Waals surface area contributed by atoms with Gasteiger partial charge in [-0.05, 0) is 19.3 Å². The van der Waals surface area contributed by atoms with E-state index in [9.17, 15) is 4.79 Å². The van der Waals surface area contributed by atoms with E-state index in [-0.39, 0.29) is 18.3 Å². The average molecular weight is 210 g/mol. The SMILES string of the molecule is C#CC[C@@H](OC1CCCCO1)[C@@H](C)C=O. The molecule has 1 saturated heterocycles. The molecular weight excluding hydrogens is 192 g/mol. The van der Waals surface area contributed by atoms with Gasteiger partial charge in [0.05, 0.1) is 6.10 Å². The predicted molar refractivity (Wildman–Crippen MR) is 57.1 cm³/mol. The van der Waals surface area contributed by atoms with Crippen LogP contribution in [0.2, 0.25) is 0 Å². The fourth-order valence-corrected chi connectivity index (χ4v) is 1.58. The topological polar surface area (TPSA) is 35.5 Å². The average Bonchev–Trinajstić information content (AvgIpc) is 2.29. The second kappa shape index (κ2) is 6.60. The maximum absolute atomic E-state index is 10.7. The minimum absolute atomic E-state index is 0.174. The van der Waals surface area contributed by atoms with Crippen LogP contribution in [0.4, 0.5) is 0 Å². The van der Waals surface area contributed by atoms with Gasteiger partial charge in [0.1, 0.15) is 6.29 Å². The lowest BCUT2D eigenvalue weighted by Crippen LogP contribution is -2.32. The van der Waals surface area contributed by atoms with Gasteiger partial charge in [-0.15, -0.1) is 12.3 Å². The molecule has 0 N–H and O–H groups in total. The first-order valence-electron chi connectivity index (χ1n) is 5.43. The lowest BCUT2D eigenvalue weighted by atomic mass is 10.0. The largest absolute Gasteiger partial charge is 0.353 e. The van der Waals surface area contributed by atoms with Gasteiger partial charge < -0.3 is 14.3 Å². The molecule has 15 heavy (non-hydrogen) atoms. The molecule has 3 heteroatoms. The molecule has 3 nitrogen and oxygen atoms in total. The summed E-state index contributed by atoms with van der Waals surface area (Å²) < 4.78 is 11.1. The molecule has 0 saturated carbocycles. The van der Waals surface area contributed by atoms with Gasteiger partial charge in [0.2, 0.25) is 0 Å². The first-order chi connectivity index (χ1) is 7.27. The van der Waals surface area contributed by atoms with Crippen LogP contribution < -0.4 is 0 Å². The Morgan fingerprint density at radius 3 is 3.00 bits per heavy atom. The normalized spacial score (nSPS) is 25.2. The van der Waals surface area contributed by atoms with Crippen molar-refractivity contribution in [1.29, 1.82) is 0 Å². The van der Waals surface area contributed by atoms with Crippen LogP contribution in [0.15, 0.2) is 0 Å². The highest BCUT2D eigenvalue weighted by Gasteiger charge is 2.23. The van der Waals surface area contributed by atoms with Crippen LogP contribution in [-0.2, 0) is 14.3 Å². The first kappa shape index (κ1) is 12.2. The molecule has 1 aliphatic rings. The van der Waals surface area contributed by atoms with E-state index in [1.54, 1.807) is 0 Å². The standard InChI is InChI=1S/C12H18O3/c1-3-6-11(10(2)9-13)15-12-7-4-5-8-14-12/h1,9-12H,4-8H2,2H3/t10-,11+,12?/m0/s1. The van der Waals surface area contributed by atoms with Crippen LogP contribution >= 0.6 is 0 Å². The molecule has 0 amide bonds. The number of hydrogen-bond acceptors (Lipinski definition) is 3. The fraction of sp³-hybridized carbons (Fsp3) is 0.750. The van der Waals surface area contributed by atoms with Crippen molar-refractivity contribution in [2.75, 3.05) is 6.61 Å². The van der Waals surface area contributed by atoms with E-state index in [0.717, 1.165) is 32.2 Å². The van der Waals surface area contributed by atoms with Crippen LogP contribution in [0.5, 0.6) is 0 Å². The Kier molecular flexibility index (Phi) is 5.38. The fourth-order valence-electron chi connectivity index (χ4n) is 1.58. The van der Waals surface area contributed by atoms with E-state index >= 15 is 0 Å². The molecule has 0 spiro atoms. The molecule has 0 bridgehead atoms. The molecule has 84 valence electrons. The summed E-state index contributed by atoms with van der Waals surface area (Å²) in [5.74, 6) is 2.36. The molecule has 0 aliphatic carbocycles. The van der Waals surface area contributed by atoms with Crippen molar-refractivity contribution >= 4 is 6.29 Å². The third-order valence-electron chi connectivity index (χ3n) is 2.58. The van der Waals surface area contributed by atoms with Crippen molar-refractivity contribution in [2.45, 2.75) is 45.0 Å². The molecule has 0 aromatic carbocycles. The first-order valence-corrected chi connectivity index (χ1v) is 5.43. The van der Waals surface area contributed by atoms with Gasteiger partial charge >= 0.3 is 0 Å². The summed E-state index contributed by atoms with van der Waals surface area (Å²) in [4.78, 5) is 10.7. The molecule has 0 aromatic rings. The Morgan fingerprint density at radius 1 is 1.67 bits per heavy atom. The highest BCUT2D eigenvalue weighted by atomic mass is 16.7. The van der Waals surface area contributed by atoms with Crippen LogP contribution in [0, 0.1) is 18.3 Å². The van der Waals surface area contributed by atoms with E-state index in [0.29, 0.717) is 6.42 Å². The zero-order valence-electron chi connectivity index (χ0n) is 9.15. The summed E-state index contributed by atoms with van der Waals surface area (Å²) in [6.07, 6.45) is 9.28. The number of hydrogen-bond donors (Lipinski definition) is 0. The highest BCUT2D eigenvalue weighted by Crippen LogP contribution is 2.19. The van der Waals surface area contributed by atoms with E-state index in [4.69, 9.17) is 15.9 Å². The Morgan fingerprint density at radius 2 is 2.47 bits per heavy atom. The van der Waals surface area contributed by atoms with Crippen molar-refractivity contribution < 1.29 is 14.3 Å².